The van der Waals surface area contributed by atoms with Crippen LogP contribution in [0.25, 0.3) is 11.2 Å². The van der Waals surface area contributed by atoms with Crippen LogP contribution in [0.2, 0.25) is 0 Å². The van der Waals surface area contributed by atoms with Gasteiger partial charge in [0.2, 0.25) is 5.91 Å². The first-order chi connectivity index (χ1) is 16.1. The van der Waals surface area contributed by atoms with Crippen LogP contribution in [0.3, 0.4) is 0 Å². The Labute approximate surface area is 201 Å². The van der Waals surface area contributed by atoms with Gasteiger partial charge in [-0.2, -0.15) is 0 Å². The molecule has 2 aliphatic heterocycles. The lowest BCUT2D eigenvalue weighted by atomic mass is 10.1. The Morgan fingerprint density at radius 3 is 2.68 bits per heavy atom. The van der Waals surface area contributed by atoms with E-state index in [1.165, 1.54) is 17.2 Å². The van der Waals surface area contributed by atoms with Crippen LogP contribution in [0.5, 0.6) is 0 Å². The zero-order valence-corrected chi connectivity index (χ0v) is 20.2. The first-order valence-electron chi connectivity index (χ1n) is 10.7. The van der Waals surface area contributed by atoms with Gasteiger partial charge in [0.05, 0.1) is 24.4 Å². The van der Waals surface area contributed by atoms with Crippen LogP contribution in [0.1, 0.15) is 20.1 Å². The first kappa shape index (κ1) is 24.7. The van der Waals surface area contributed by atoms with E-state index in [2.05, 4.69) is 20.3 Å². The van der Waals surface area contributed by atoms with Crippen LogP contribution in [0.15, 0.2) is 12.7 Å². The van der Waals surface area contributed by atoms with E-state index in [1.807, 2.05) is 0 Å². The molecule has 0 saturated carbocycles. The quantitative estimate of drug-likeness (QED) is 0.420. The number of aromatic nitrogens is 4. The number of thiocarbonyl (C=S) groups is 1. The SMILES string of the molecule is CC(C)C(=O)Nc1ncnc2c1ncn2C1OC(CO)C(O)C1OC(=S)N1CCS(=O)(=O)CC1. The van der Waals surface area contributed by atoms with Crippen molar-refractivity contribution in [2.24, 2.45) is 5.92 Å². The second-order valence-electron chi connectivity index (χ2n) is 8.42. The molecule has 0 radical (unpaired) electrons. The third kappa shape index (κ3) is 4.84. The fraction of sp³-hybridized carbons (Fsp3) is 0.632. The summed E-state index contributed by atoms with van der Waals surface area (Å²) in [5.41, 5.74) is 0.623. The molecule has 0 aliphatic carbocycles. The summed E-state index contributed by atoms with van der Waals surface area (Å²) < 4.78 is 36.7. The fourth-order valence-electron chi connectivity index (χ4n) is 3.70. The molecule has 2 aliphatic rings. The molecule has 0 aromatic carbocycles. The molecule has 34 heavy (non-hydrogen) atoms. The van der Waals surface area contributed by atoms with Crippen molar-refractivity contribution < 1.29 is 32.9 Å². The van der Waals surface area contributed by atoms with Crippen LogP contribution >= 0.6 is 12.2 Å². The van der Waals surface area contributed by atoms with Crippen molar-refractivity contribution >= 4 is 50.1 Å². The molecular formula is C19H26N6O7S2. The highest BCUT2D eigenvalue weighted by Gasteiger charge is 2.47. The van der Waals surface area contributed by atoms with Gasteiger partial charge in [0, 0.05) is 19.0 Å². The van der Waals surface area contributed by atoms with Crippen LogP contribution in [-0.2, 0) is 24.1 Å². The van der Waals surface area contributed by atoms with Crippen LogP contribution < -0.4 is 5.32 Å². The van der Waals surface area contributed by atoms with Gasteiger partial charge in [-0.05, 0) is 12.2 Å². The number of carbonyl (C=O) groups excluding carboxylic acids is 1. The number of sulfone groups is 1. The van der Waals surface area contributed by atoms with Crippen molar-refractivity contribution in [1.29, 1.82) is 0 Å². The predicted molar refractivity (Wildman–Crippen MR) is 123 cm³/mol. The second kappa shape index (κ2) is 9.65. The molecule has 0 spiro atoms. The van der Waals surface area contributed by atoms with Crippen molar-refractivity contribution in [3.8, 4) is 0 Å². The van der Waals surface area contributed by atoms with Gasteiger partial charge < -0.3 is 29.9 Å². The van der Waals surface area contributed by atoms with Gasteiger partial charge in [-0.3, -0.25) is 9.36 Å². The molecule has 4 atom stereocenters. The minimum Gasteiger partial charge on any atom is -0.460 e. The van der Waals surface area contributed by atoms with Crippen molar-refractivity contribution in [2.45, 2.75) is 38.4 Å². The van der Waals surface area contributed by atoms with Gasteiger partial charge in [0.15, 0.2) is 39.2 Å². The Balaban J connectivity index is 1.60. The predicted octanol–water partition coefficient (Wildman–Crippen LogP) is -0.928. The van der Waals surface area contributed by atoms with Gasteiger partial charge in [0.25, 0.3) is 5.17 Å². The molecule has 4 heterocycles. The molecule has 2 aromatic heterocycles. The van der Waals surface area contributed by atoms with E-state index < -0.39 is 41.0 Å². The zero-order valence-electron chi connectivity index (χ0n) is 18.6. The first-order valence-corrected chi connectivity index (χ1v) is 12.9. The Bertz CT molecular complexity index is 1170. The third-order valence-corrected chi connectivity index (χ3v) is 7.69. The van der Waals surface area contributed by atoms with Gasteiger partial charge >= 0.3 is 0 Å². The molecule has 15 heteroatoms. The highest BCUT2D eigenvalue weighted by atomic mass is 32.2. The largest absolute Gasteiger partial charge is 0.460 e. The second-order valence-corrected chi connectivity index (χ2v) is 11.1. The number of anilines is 1. The van der Waals surface area contributed by atoms with E-state index in [0.717, 1.165) is 0 Å². The molecule has 4 rings (SSSR count). The van der Waals surface area contributed by atoms with E-state index >= 15 is 0 Å². The summed E-state index contributed by atoms with van der Waals surface area (Å²) in [6.07, 6.45) is -1.52. The Morgan fingerprint density at radius 1 is 1.32 bits per heavy atom. The molecule has 4 unspecified atom stereocenters. The average molecular weight is 515 g/mol. The lowest BCUT2D eigenvalue weighted by molar-refractivity contribution is -0.118. The number of aliphatic hydroxyl groups is 2. The number of hydrogen-bond acceptors (Lipinski definition) is 11. The van der Waals surface area contributed by atoms with E-state index in [-0.39, 0.29) is 47.4 Å². The van der Waals surface area contributed by atoms with Crippen LogP contribution in [0, 0.1) is 5.92 Å². The summed E-state index contributed by atoms with van der Waals surface area (Å²) in [6, 6.07) is 0. The summed E-state index contributed by atoms with van der Waals surface area (Å²) in [4.78, 5) is 26.4. The molecule has 2 fully saturated rings. The highest BCUT2D eigenvalue weighted by Crippen LogP contribution is 2.34. The zero-order chi connectivity index (χ0) is 24.6. The van der Waals surface area contributed by atoms with Crippen molar-refractivity contribution in [1.82, 2.24) is 24.4 Å². The van der Waals surface area contributed by atoms with Crippen molar-refractivity contribution in [2.75, 3.05) is 36.5 Å². The van der Waals surface area contributed by atoms with Crippen molar-refractivity contribution in [3.05, 3.63) is 12.7 Å². The molecule has 2 saturated heterocycles. The average Bonchev–Trinajstić information content (AvgIpc) is 3.35. The van der Waals surface area contributed by atoms with E-state index in [4.69, 9.17) is 21.7 Å². The summed E-state index contributed by atoms with van der Waals surface area (Å²) in [6.45, 7) is 3.39. The maximum Gasteiger partial charge on any atom is 0.259 e. The minimum atomic E-state index is -3.11. The molecule has 186 valence electrons. The summed E-state index contributed by atoms with van der Waals surface area (Å²) >= 11 is 5.37. The number of amides is 1. The number of fused-ring (bicyclic) bond motifs is 1. The molecule has 0 bridgehead atoms. The van der Waals surface area contributed by atoms with Gasteiger partial charge in [-0.15, -0.1) is 0 Å². The van der Waals surface area contributed by atoms with Gasteiger partial charge in [-0.25, -0.2) is 23.4 Å². The lowest BCUT2D eigenvalue weighted by Crippen LogP contribution is -2.47. The molecule has 1 amide bonds. The van der Waals surface area contributed by atoms with E-state index in [9.17, 15) is 23.4 Å². The van der Waals surface area contributed by atoms with Crippen molar-refractivity contribution in [3.63, 3.8) is 0 Å². The molecule has 3 N–H and O–H groups in total. The molecular weight excluding hydrogens is 488 g/mol. The fourth-order valence-corrected chi connectivity index (χ4v) is 5.19. The maximum atomic E-state index is 12.1. The Hall–Kier alpha value is -2.46. The number of nitrogens with one attached hydrogen (secondary N) is 1. The summed E-state index contributed by atoms with van der Waals surface area (Å²) in [5.74, 6) is -0.373. The molecule has 13 nitrogen and oxygen atoms in total. The number of carbonyl (C=O) groups is 1. The number of hydrogen-bond donors (Lipinski definition) is 3. The summed E-state index contributed by atoms with van der Waals surface area (Å²) in [5, 5.41) is 23.1. The highest BCUT2D eigenvalue weighted by molar-refractivity contribution is 7.91. The van der Waals surface area contributed by atoms with Gasteiger partial charge in [0.1, 0.15) is 18.5 Å². The number of rotatable bonds is 5. The normalized spacial score (nSPS) is 26.7. The molecule has 2 aromatic rings. The lowest BCUT2D eigenvalue weighted by Gasteiger charge is -2.31. The topological polar surface area (TPSA) is 169 Å². The standard InChI is InChI=1S/C19H26N6O7S2/c1-10(2)17(28)23-15-12-16(21-8-20-15)25(9-22-12)18-14(13(27)11(7-26)31-18)32-19(33)24-3-5-34(29,30)6-4-24/h8-11,13-14,18,26-27H,3-7H2,1-2H3,(H,20,21,23,28). The Morgan fingerprint density at radius 2 is 2.03 bits per heavy atom. The monoisotopic (exact) mass is 514 g/mol. The Kier molecular flexibility index (Phi) is 7.00. The minimum absolute atomic E-state index is 0.0232. The number of ether oxygens (including phenoxy) is 2. The summed E-state index contributed by atoms with van der Waals surface area (Å²) in [7, 11) is -3.11. The van der Waals surface area contributed by atoms with Crippen LogP contribution in [0.4, 0.5) is 5.82 Å². The number of imidazole rings is 1. The number of nitrogens with zero attached hydrogens (tertiary/aromatic N) is 5. The maximum absolute atomic E-state index is 12.1. The smallest absolute Gasteiger partial charge is 0.259 e. The van der Waals surface area contributed by atoms with Crippen LogP contribution in [-0.4, -0.2) is 104 Å². The van der Waals surface area contributed by atoms with Gasteiger partial charge in [-0.1, -0.05) is 13.8 Å². The third-order valence-electron chi connectivity index (χ3n) is 5.73. The van der Waals surface area contributed by atoms with E-state index in [1.54, 1.807) is 18.7 Å². The number of aliphatic hydroxyl groups excluding tert-OH is 2. The van der Waals surface area contributed by atoms with E-state index in [0.29, 0.717) is 11.2 Å².